The highest BCUT2D eigenvalue weighted by Gasteiger charge is 2.52. The van der Waals surface area contributed by atoms with E-state index in [1.807, 2.05) is 66.7 Å². The first-order chi connectivity index (χ1) is 14.3. The lowest BCUT2D eigenvalue weighted by molar-refractivity contribution is 0.00578. The van der Waals surface area contributed by atoms with Crippen molar-refractivity contribution in [2.24, 2.45) is 0 Å². The van der Waals surface area contributed by atoms with E-state index in [2.05, 4.69) is 5.32 Å². The van der Waals surface area contributed by atoms with Gasteiger partial charge in [0.1, 0.15) is 11.4 Å². The van der Waals surface area contributed by atoms with Crippen LogP contribution in [-0.4, -0.2) is 36.6 Å². The molecule has 0 radical (unpaired) electrons. The number of hydrogen-bond donors (Lipinski definition) is 1. The largest absolute Gasteiger partial charge is 0.492 e. The van der Waals surface area contributed by atoms with E-state index in [0.29, 0.717) is 10.9 Å². The third-order valence-electron chi connectivity index (χ3n) is 5.64. The zero-order valence-electron chi connectivity index (χ0n) is 19.3. The standard InChI is InChI=1S/C24H31BFNO4/c1-22(2,3)29-21(28)27-15-17(25-30-23(4,5)24(6,7)31-25)14-16-12-13-20(26)19-11-9-8-10-18(16)19/h8-14H,15H2,1-7H3,(H,27,28). The van der Waals surface area contributed by atoms with Crippen LogP contribution >= 0.6 is 0 Å². The number of rotatable bonds is 4. The van der Waals surface area contributed by atoms with Gasteiger partial charge < -0.3 is 19.4 Å². The number of hydrogen-bond acceptors (Lipinski definition) is 4. The van der Waals surface area contributed by atoms with Crippen LogP contribution in [0.3, 0.4) is 0 Å². The Morgan fingerprint density at radius 1 is 1.06 bits per heavy atom. The van der Waals surface area contributed by atoms with Crippen LogP contribution in [0, 0.1) is 5.82 Å². The number of ether oxygens (including phenoxy) is 1. The van der Waals surface area contributed by atoms with Crippen molar-refractivity contribution >= 4 is 30.1 Å². The average Bonchev–Trinajstić information content (AvgIpc) is 2.86. The summed E-state index contributed by atoms with van der Waals surface area (Å²) in [5.41, 5.74) is -0.152. The van der Waals surface area contributed by atoms with Gasteiger partial charge in [-0.15, -0.1) is 0 Å². The van der Waals surface area contributed by atoms with E-state index < -0.39 is 30.0 Å². The average molecular weight is 427 g/mol. The normalized spacial score (nSPS) is 18.3. The van der Waals surface area contributed by atoms with Gasteiger partial charge in [0.25, 0.3) is 0 Å². The van der Waals surface area contributed by atoms with Gasteiger partial charge in [-0.2, -0.15) is 0 Å². The van der Waals surface area contributed by atoms with Crippen LogP contribution in [0.25, 0.3) is 16.8 Å². The monoisotopic (exact) mass is 427 g/mol. The minimum absolute atomic E-state index is 0.164. The van der Waals surface area contributed by atoms with Crippen molar-refractivity contribution in [1.82, 2.24) is 5.32 Å². The van der Waals surface area contributed by atoms with Crippen LogP contribution in [0.5, 0.6) is 0 Å². The van der Waals surface area contributed by atoms with Gasteiger partial charge in [0, 0.05) is 11.9 Å². The Kier molecular flexibility index (Phi) is 6.22. The minimum atomic E-state index is -0.663. The summed E-state index contributed by atoms with van der Waals surface area (Å²) in [7, 11) is -0.663. The van der Waals surface area contributed by atoms with E-state index >= 15 is 0 Å². The van der Waals surface area contributed by atoms with Gasteiger partial charge in [0.15, 0.2) is 0 Å². The second kappa shape index (κ2) is 8.28. The summed E-state index contributed by atoms with van der Waals surface area (Å²) in [5.74, 6) is -0.281. The Labute approximate surface area is 184 Å². The predicted octanol–water partition coefficient (Wildman–Crippen LogP) is 5.52. The smallest absolute Gasteiger partial charge is 0.444 e. The highest BCUT2D eigenvalue weighted by atomic mass is 19.1. The molecular formula is C24H31BFNO4. The lowest BCUT2D eigenvalue weighted by Gasteiger charge is -2.32. The summed E-state index contributed by atoms with van der Waals surface area (Å²) in [4.78, 5) is 12.3. The van der Waals surface area contributed by atoms with E-state index in [1.165, 1.54) is 6.07 Å². The number of halogens is 1. The van der Waals surface area contributed by atoms with Gasteiger partial charge in [0.2, 0.25) is 0 Å². The molecule has 3 rings (SSSR count). The number of alkyl carbamates (subject to hydrolysis) is 1. The first-order valence-corrected chi connectivity index (χ1v) is 10.5. The molecule has 7 heteroatoms. The maximum Gasteiger partial charge on any atom is 0.492 e. The van der Waals surface area contributed by atoms with E-state index in [1.54, 1.807) is 18.2 Å². The van der Waals surface area contributed by atoms with Crippen LogP contribution in [-0.2, 0) is 14.0 Å². The number of nitrogens with one attached hydrogen (secondary N) is 1. The maximum atomic E-state index is 14.3. The van der Waals surface area contributed by atoms with Crippen LogP contribution in [0.4, 0.5) is 9.18 Å². The fraction of sp³-hybridized carbons (Fsp3) is 0.458. The molecule has 1 aliphatic heterocycles. The summed E-state index contributed by atoms with van der Waals surface area (Å²) in [5, 5.41) is 4.09. The fourth-order valence-electron chi connectivity index (χ4n) is 3.30. The molecule has 0 spiro atoms. The highest BCUT2D eigenvalue weighted by Crippen LogP contribution is 2.39. The van der Waals surface area contributed by atoms with Gasteiger partial charge in [-0.25, -0.2) is 9.18 Å². The number of amides is 1. The Morgan fingerprint density at radius 2 is 1.65 bits per heavy atom. The molecule has 5 nitrogen and oxygen atoms in total. The lowest BCUT2D eigenvalue weighted by Crippen LogP contribution is -2.41. The molecule has 2 aromatic carbocycles. The molecule has 31 heavy (non-hydrogen) atoms. The van der Waals surface area contributed by atoms with Crippen molar-refractivity contribution in [2.45, 2.75) is 65.3 Å². The van der Waals surface area contributed by atoms with Gasteiger partial charge in [-0.1, -0.05) is 36.4 Å². The SMILES string of the molecule is CC(C)(C)OC(=O)NCC(=Cc1ccc(F)c2ccccc12)B1OC(C)(C)C(C)(C)O1. The quantitative estimate of drug-likeness (QED) is 0.653. The maximum absolute atomic E-state index is 14.3. The van der Waals surface area contributed by atoms with Gasteiger partial charge in [0.05, 0.1) is 11.2 Å². The summed E-state index contributed by atoms with van der Waals surface area (Å²) >= 11 is 0. The van der Waals surface area contributed by atoms with Crippen LogP contribution in [0.15, 0.2) is 41.9 Å². The molecular weight excluding hydrogens is 396 g/mol. The van der Waals surface area contributed by atoms with Gasteiger partial charge >= 0.3 is 13.2 Å². The summed E-state index contributed by atoms with van der Waals surface area (Å²) < 4.78 is 32.1. The van der Waals surface area contributed by atoms with E-state index in [-0.39, 0.29) is 12.4 Å². The molecule has 166 valence electrons. The molecule has 2 aromatic rings. The van der Waals surface area contributed by atoms with Crippen molar-refractivity contribution < 1.29 is 23.2 Å². The predicted molar refractivity (Wildman–Crippen MR) is 122 cm³/mol. The number of carbonyl (C=O) groups is 1. The first-order valence-electron chi connectivity index (χ1n) is 10.5. The van der Waals surface area contributed by atoms with Gasteiger partial charge in [-0.3, -0.25) is 0 Å². The van der Waals surface area contributed by atoms with E-state index in [9.17, 15) is 9.18 Å². The highest BCUT2D eigenvalue weighted by molar-refractivity contribution is 6.56. The first kappa shape index (κ1) is 23.3. The fourth-order valence-corrected chi connectivity index (χ4v) is 3.30. The Balaban J connectivity index is 1.97. The molecule has 0 aliphatic carbocycles. The minimum Gasteiger partial charge on any atom is -0.444 e. The zero-order valence-corrected chi connectivity index (χ0v) is 19.3. The number of carbonyl (C=O) groups excluding carboxylic acids is 1. The molecule has 0 saturated carbocycles. The van der Waals surface area contributed by atoms with E-state index in [4.69, 9.17) is 14.0 Å². The molecule has 1 heterocycles. The number of fused-ring (bicyclic) bond motifs is 1. The molecule has 1 amide bonds. The Morgan fingerprint density at radius 3 is 2.23 bits per heavy atom. The van der Waals surface area contributed by atoms with Crippen LogP contribution in [0.1, 0.15) is 54.0 Å². The number of benzene rings is 2. The van der Waals surface area contributed by atoms with Crippen molar-refractivity contribution in [3.8, 4) is 0 Å². The second-order valence-electron chi connectivity index (χ2n) is 9.85. The molecule has 0 aromatic heterocycles. The van der Waals surface area contributed by atoms with Crippen LogP contribution < -0.4 is 5.32 Å². The molecule has 1 N–H and O–H groups in total. The van der Waals surface area contributed by atoms with Crippen LogP contribution in [0.2, 0.25) is 0 Å². The van der Waals surface area contributed by atoms with Crippen molar-refractivity contribution in [2.75, 3.05) is 6.54 Å². The molecule has 0 bridgehead atoms. The van der Waals surface area contributed by atoms with Gasteiger partial charge in [-0.05, 0) is 71.0 Å². The lowest BCUT2D eigenvalue weighted by atomic mass is 9.76. The zero-order chi connectivity index (χ0) is 23.0. The van der Waals surface area contributed by atoms with Crippen molar-refractivity contribution in [1.29, 1.82) is 0 Å². The summed E-state index contributed by atoms with van der Waals surface area (Å²) in [6, 6.07) is 10.4. The van der Waals surface area contributed by atoms with Crippen molar-refractivity contribution in [3.05, 3.63) is 53.3 Å². The molecule has 1 fully saturated rings. The topological polar surface area (TPSA) is 56.8 Å². The summed E-state index contributed by atoms with van der Waals surface area (Å²) in [6.07, 6.45) is 1.36. The molecule has 1 aliphatic rings. The molecule has 1 saturated heterocycles. The third kappa shape index (κ3) is 5.28. The third-order valence-corrected chi connectivity index (χ3v) is 5.64. The van der Waals surface area contributed by atoms with Crippen molar-refractivity contribution in [3.63, 3.8) is 0 Å². The molecule has 0 atom stereocenters. The van der Waals surface area contributed by atoms with E-state index in [0.717, 1.165) is 10.9 Å². The second-order valence-corrected chi connectivity index (χ2v) is 9.85. The Bertz CT molecular complexity index is 994. The molecule has 0 unspecified atom stereocenters. The summed E-state index contributed by atoms with van der Waals surface area (Å²) in [6.45, 7) is 13.5. The Hall–Kier alpha value is -2.38.